The molecule has 0 aliphatic carbocycles. The topological polar surface area (TPSA) is 56.8 Å². The van der Waals surface area contributed by atoms with Crippen molar-refractivity contribution in [2.24, 2.45) is 0 Å². The minimum absolute atomic E-state index is 0.125. The van der Waals surface area contributed by atoms with Gasteiger partial charge >= 0.3 is 0 Å². The molecule has 0 spiro atoms. The van der Waals surface area contributed by atoms with E-state index in [0.29, 0.717) is 35.2 Å². The van der Waals surface area contributed by atoms with Crippen LogP contribution in [0.5, 0.6) is 17.2 Å². The first kappa shape index (κ1) is 19.9. The van der Waals surface area contributed by atoms with Crippen LogP contribution < -0.4 is 19.5 Å². The van der Waals surface area contributed by atoms with Gasteiger partial charge < -0.3 is 19.5 Å². The summed E-state index contributed by atoms with van der Waals surface area (Å²) in [6.45, 7) is 6.66. The lowest BCUT2D eigenvalue weighted by molar-refractivity contribution is 0.0950. The van der Waals surface area contributed by atoms with E-state index in [4.69, 9.17) is 25.8 Å². The minimum Gasteiger partial charge on any atom is -0.493 e. The standard InChI is InChI=1S/C20H24ClNO4/c1-5-25-19-17(21)10-15(11-18(19)24-4)20(23)22-12-14-6-8-16(9-7-14)26-13(2)3/h6-11,13H,5,12H2,1-4H3,(H,22,23). The molecule has 0 aliphatic rings. The van der Waals surface area contributed by atoms with Crippen molar-refractivity contribution in [1.82, 2.24) is 5.32 Å². The molecule has 0 atom stereocenters. The van der Waals surface area contributed by atoms with Crippen molar-refractivity contribution in [1.29, 1.82) is 0 Å². The fraction of sp³-hybridized carbons (Fsp3) is 0.350. The third kappa shape index (κ3) is 5.30. The Hall–Kier alpha value is -2.40. The Morgan fingerprint density at radius 1 is 1.19 bits per heavy atom. The first-order valence-electron chi connectivity index (χ1n) is 8.48. The van der Waals surface area contributed by atoms with Gasteiger partial charge in [0, 0.05) is 12.1 Å². The monoisotopic (exact) mass is 377 g/mol. The fourth-order valence-electron chi connectivity index (χ4n) is 2.38. The third-order valence-electron chi connectivity index (χ3n) is 3.53. The van der Waals surface area contributed by atoms with Crippen LogP contribution in [0.25, 0.3) is 0 Å². The summed E-state index contributed by atoms with van der Waals surface area (Å²) in [5.41, 5.74) is 1.38. The average Bonchev–Trinajstić information content (AvgIpc) is 2.62. The molecule has 2 aromatic rings. The van der Waals surface area contributed by atoms with Crippen molar-refractivity contribution in [3.8, 4) is 17.2 Å². The highest BCUT2D eigenvalue weighted by molar-refractivity contribution is 6.32. The Bertz CT molecular complexity index is 744. The van der Waals surface area contributed by atoms with Gasteiger partial charge in [0.15, 0.2) is 11.5 Å². The molecule has 0 aromatic heterocycles. The van der Waals surface area contributed by atoms with E-state index in [-0.39, 0.29) is 12.0 Å². The summed E-state index contributed by atoms with van der Waals surface area (Å²) in [5, 5.41) is 3.21. The quantitative estimate of drug-likeness (QED) is 0.737. The number of carbonyl (C=O) groups is 1. The van der Waals surface area contributed by atoms with Gasteiger partial charge in [0.25, 0.3) is 5.91 Å². The molecule has 2 rings (SSSR count). The first-order valence-corrected chi connectivity index (χ1v) is 8.86. The zero-order chi connectivity index (χ0) is 19.1. The number of ether oxygens (including phenoxy) is 3. The molecule has 0 bridgehead atoms. The number of rotatable bonds is 8. The van der Waals surface area contributed by atoms with E-state index in [9.17, 15) is 4.79 Å². The lowest BCUT2D eigenvalue weighted by Crippen LogP contribution is -2.22. The highest BCUT2D eigenvalue weighted by atomic mass is 35.5. The van der Waals surface area contributed by atoms with Gasteiger partial charge in [-0.3, -0.25) is 4.79 Å². The molecule has 5 nitrogen and oxygen atoms in total. The van der Waals surface area contributed by atoms with E-state index in [2.05, 4.69) is 5.32 Å². The molecular formula is C20H24ClNO4. The van der Waals surface area contributed by atoms with Gasteiger partial charge in [-0.1, -0.05) is 23.7 Å². The van der Waals surface area contributed by atoms with Gasteiger partial charge in [0.05, 0.1) is 24.8 Å². The fourth-order valence-corrected chi connectivity index (χ4v) is 2.64. The van der Waals surface area contributed by atoms with Crippen LogP contribution in [0.3, 0.4) is 0 Å². The SMILES string of the molecule is CCOc1c(Cl)cc(C(=O)NCc2ccc(OC(C)C)cc2)cc1OC. The van der Waals surface area contributed by atoms with E-state index < -0.39 is 0 Å². The molecule has 6 heteroatoms. The summed E-state index contributed by atoms with van der Waals surface area (Å²) in [6, 6.07) is 10.8. The van der Waals surface area contributed by atoms with Gasteiger partial charge in [-0.25, -0.2) is 0 Å². The lowest BCUT2D eigenvalue weighted by Gasteiger charge is -2.13. The number of amides is 1. The molecule has 140 valence electrons. The second-order valence-electron chi connectivity index (χ2n) is 5.92. The third-order valence-corrected chi connectivity index (χ3v) is 3.81. The number of hydrogen-bond acceptors (Lipinski definition) is 4. The molecule has 26 heavy (non-hydrogen) atoms. The number of methoxy groups -OCH3 is 1. The molecule has 0 fully saturated rings. The summed E-state index contributed by atoms with van der Waals surface area (Å²) in [5.74, 6) is 1.43. The lowest BCUT2D eigenvalue weighted by atomic mass is 10.1. The van der Waals surface area contributed by atoms with Crippen molar-refractivity contribution in [3.63, 3.8) is 0 Å². The average molecular weight is 378 g/mol. The zero-order valence-electron chi connectivity index (χ0n) is 15.5. The Morgan fingerprint density at radius 2 is 1.88 bits per heavy atom. The van der Waals surface area contributed by atoms with Crippen LogP contribution in [-0.2, 0) is 6.54 Å². The van der Waals surface area contributed by atoms with E-state index in [0.717, 1.165) is 11.3 Å². The largest absolute Gasteiger partial charge is 0.493 e. The number of hydrogen-bond donors (Lipinski definition) is 1. The predicted molar refractivity (Wildman–Crippen MR) is 103 cm³/mol. The summed E-state index contributed by atoms with van der Waals surface area (Å²) in [6.07, 6.45) is 0.125. The van der Waals surface area contributed by atoms with Crippen molar-refractivity contribution in [2.75, 3.05) is 13.7 Å². The Kier molecular flexibility index (Phi) is 7.16. The molecule has 0 saturated heterocycles. The summed E-state index contributed by atoms with van der Waals surface area (Å²) < 4.78 is 16.3. The van der Waals surface area contributed by atoms with Crippen molar-refractivity contribution >= 4 is 17.5 Å². The normalized spacial score (nSPS) is 10.5. The maximum atomic E-state index is 12.4. The van der Waals surface area contributed by atoms with Gasteiger partial charge in [0.2, 0.25) is 0 Å². The van der Waals surface area contributed by atoms with Crippen molar-refractivity contribution < 1.29 is 19.0 Å². The molecule has 0 heterocycles. The summed E-state index contributed by atoms with van der Waals surface area (Å²) >= 11 is 6.21. The van der Waals surface area contributed by atoms with Gasteiger partial charge in [-0.2, -0.15) is 0 Å². The van der Waals surface area contributed by atoms with Crippen molar-refractivity contribution in [3.05, 3.63) is 52.5 Å². The second-order valence-corrected chi connectivity index (χ2v) is 6.32. The van der Waals surface area contributed by atoms with E-state index >= 15 is 0 Å². The highest BCUT2D eigenvalue weighted by Gasteiger charge is 2.15. The number of benzene rings is 2. The Morgan fingerprint density at radius 3 is 2.46 bits per heavy atom. The second kappa shape index (κ2) is 9.34. The molecule has 0 saturated carbocycles. The summed E-state index contributed by atoms with van der Waals surface area (Å²) in [7, 11) is 1.51. The molecule has 0 unspecified atom stereocenters. The van der Waals surface area contributed by atoms with Crippen LogP contribution >= 0.6 is 11.6 Å². The van der Waals surface area contributed by atoms with Crippen molar-refractivity contribution in [2.45, 2.75) is 33.4 Å². The number of carbonyl (C=O) groups excluding carboxylic acids is 1. The molecular weight excluding hydrogens is 354 g/mol. The molecule has 0 aliphatic heterocycles. The summed E-state index contributed by atoms with van der Waals surface area (Å²) in [4.78, 5) is 12.4. The zero-order valence-corrected chi connectivity index (χ0v) is 16.2. The number of nitrogens with one attached hydrogen (secondary N) is 1. The highest BCUT2D eigenvalue weighted by Crippen LogP contribution is 2.36. The number of halogens is 1. The van der Waals surface area contributed by atoms with Crippen LogP contribution in [0.2, 0.25) is 5.02 Å². The van der Waals surface area contributed by atoms with Crippen LogP contribution in [0.1, 0.15) is 36.7 Å². The Labute approximate surface area is 159 Å². The van der Waals surface area contributed by atoms with Gasteiger partial charge in [-0.15, -0.1) is 0 Å². The molecule has 2 aromatic carbocycles. The smallest absolute Gasteiger partial charge is 0.251 e. The van der Waals surface area contributed by atoms with Crippen LogP contribution in [-0.4, -0.2) is 25.7 Å². The van der Waals surface area contributed by atoms with Gasteiger partial charge in [-0.05, 0) is 50.6 Å². The minimum atomic E-state index is -0.240. The maximum Gasteiger partial charge on any atom is 0.251 e. The van der Waals surface area contributed by atoms with E-state index in [1.165, 1.54) is 7.11 Å². The predicted octanol–water partition coefficient (Wildman–Crippen LogP) is 4.46. The molecule has 1 amide bonds. The van der Waals surface area contributed by atoms with Crippen LogP contribution in [0, 0.1) is 0 Å². The van der Waals surface area contributed by atoms with Crippen LogP contribution in [0.4, 0.5) is 0 Å². The van der Waals surface area contributed by atoms with Crippen LogP contribution in [0.15, 0.2) is 36.4 Å². The van der Waals surface area contributed by atoms with Gasteiger partial charge in [0.1, 0.15) is 5.75 Å². The Balaban J connectivity index is 2.04. The maximum absolute atomic E-state index is 12.4. The van der Waals surface area contributed by atoms with E-state index in [1.54, 1.807) is 12.1 Å². The molecule has 1 N–H and O–H groups in total. The van der Waals surface area contributed by atoms with E-state index in [1.807, 2.05) is 45.0 Å². The molecule has 0 radical (unpaired) electrons. The first-order chi connectivity index (χ1) is 12.4.